The van der Waals surface area contributed by atoms with E-state index < -0.39 is 0 Å². The van der Waals surface area contributed by atoms with Gasteiger partial charge in [-0.2, -0.15) is 9.90 Å². The Kier molecular flexibility index (Phi) is 3.73. The Hall–Kier alpha value is -2.17. The molecule has 1 amide bonds. The molecule has 110 valence electrons. The molecule has 0 atom stereocenters. The Morgan fingerprint density at radius 3 is 2.57 bits per heavy atom. The van der Waals surface area contributed by atoms with Crippen LogP contribution in [-0.4, -0.2) is 38.9 Å². The van der Waals surface area contributed by atoms with Crippen molar-refractivity contribution >= 4 is 5.91 Å². The number of likely N-dealkylation sites (tertiary alicyclic amines) is 1. The van der Waals surface area contributed by atoms with Gasteiger partial charge in [-0.05, 0) is 50.8 Å². The van der Waals surface area contributed by atoms with E-state index in [2.05, 4.69) is 10.2 Å². The van der Waals surface area contributed by atoms with Crippen LogP contribution in [0.25, 0.3) is 5.69 Å². The fourth-order valence-electron chi connectivity index (χ4n) is 2.69. The highest BCUT2D eigenvalue weighted by atomic mass is 16.2. The van der Waals surface area contributed by atoms with Crippen molar-refractivity contribution in [2.24, 2.45) is 0 Å². The van der Waals surface area contributed by atoms with Gasteiger partial charge in [-0.1, -0.05) is 12.1 Å². The average Bonchev–Trinajstić information content (AvgIpc) is 2.89. The molecule has 0 spiro atoms. The minimum atomic E-state index is 0.00565. The zero-order valence-corrected chi connectivity index (χ0v) is 12.5. The minimum Gasteiger partial charge on any atom is -0.337 e. The van der Waals surface area contributed by atoms with E-state index in [1.54, 1.807) is 4.80 Å². The first-order valence-electron chi connectivity index (χ1n) is 7.45. The van der Waals surface area contributed by atoms with Gasteiger partial charge in [0.15, 0.2) is 5.69 Å². The maximum absolute atomic E-state index is 12.5. The molecule has 0 bridgehead atoms. The van der Waals surface area contributed by atoms with Crippen molar-refractivity contribution in [2.45, 2.75) is 33.1 Å². The monoisotopic (exact) mass is 284 g/mol. The summed E-state index contributed by atoms with van der Waals surface area (Å²) in [5.74, 6) is 0.00565. The molecule has 1 aliphatic rings. The molecule has 0 saturated carbocycles. The van der Waals surface area contributed by atoms with E-state index in [0.717, 1.165) is 37.2 Å². The summed E-state index contributed by atoms with van der Waals surface area (Å²) in [7, 11) is 0. The Balaban J connectivity index is 1.89. The van der Waals surface area contributed by atoms with Gasteiger partial charge in [-0.25, -0.2) is 0 Å². The van der Waals surface area contributed by atoms with Crippen molar-refractivity contribution in [3.63, 3.8) is 0 Å². The highest BCUT2D eigenvalue weighted by Gasteiger charge is 2.23. The summed E-state index contributed by atoms with van der Waals surface area (Å²) in [4.78, 5) is 16.0. The molecule has 0 aliphatic carbocycles. The van der Waals surface area contributed by atoms with Gasteiger partial charge < -0.3 is 4.90 Å². The predicted octanol–water partition coefficient (Wildman–Crippen LogP) is 2.51. The van der Waals surface area contributed by atoms with E-state index >= 15 is 0 Å². The molecular weight excluding hydrogens is 264 g/mol. The molecule has 3 rings (SSSR count). The van der Waals surface area contributed by atoms with Gasteiger partial charge in [-0.3, -0.25) is 4.79 Å². The molecule has 5 heteroatoms. The summed E-state index contributed by atoms with van der Waals surface area (Å²) >= 11 is 0. The van der Waals surface area contributed by atoms with Gasteiger partial charge in [0.1, 0.15) is 0 Å². The maximum Gasteiger partial charge on any atom is 0.276 e. The van der Waals surface area contributed by atoms with E-state index in [4.69, 9.17) is 0 Å². The number of carbonyl (C=O) groups is 1. The number of nitrogens with zero attached hydrogens (tertiary/aromatic N) is 4. The Labute approximate surface area is 124 Å². The lowest BCUT2D eigenvalue weighted by atomic mass is 10.1. The first-order valence-corrected chi connectivity index (χ1v) is 7.45. The molecule has 21 heavy (non-hydrogen) atoms. The standard InChI is InChI=1S/C16H20N4O/c1-12-7-6-8-14(11-12)20-17-13(2)15(18-20)16(21)19-9-4-3-5-10-19/h6-8,11H,3-5,9-10H2,1-2H3. The van der Waals surface area contributed by atoms with E-state index in [9.17, 15) is 4.79 Å². The van der Waals surface area contributed by atoms with Crippen LogP contribution in [0.15, 0.2) is 24.3 Å². The Morgan fingerprint density at radius 1 is 1.10 bits per heavy atom. The van der Waals surface area contributed by atoms with Gasteiger partial charge >= 0.3 is 0 Å². The van der Waals surface area contributed by atoms with Crippen LogP contribution in [0.2, 0.25) is 0 Å². The SMILES string of the molecule is Cc1cccc(-n2nc(C)c(C(=O)N3CCCCC3)n2)c1. The second-order valence-electron chi connectivity index (χ2n) is 5.62. The number of aromatic nitrogens is 3. The number of benzene rings is 1. The molecule has 0 radical (unpaired) electrons. The first kappa shape index (κ1) is 13.8. The van der Waals surface area contributed by atoms with Crippen molar-refractivity contribution in [1.82, 2.24) is 19.9 Å². The van der Waals surface area contributed by atoms with Crippen molar-refractivity contribution in [1.29, 1.82) is 0 Å². The molecule has 1 saturated heterocycles. The van der Waals surface area contributed by atoms with Crippen molar-refractivity contribution in [2.75, 3.05) is 13.1 Å². The van der Waals surface area contributed by atoms with Crippen molar-refractivity contribution in [3.8, 4) is 5.69 Å². The molecule has 1 aliphatic heterocycles. The largest absolute Gasteiger partial charge is 0.337 e. The number of hydrogen-bond donors (Lipinski definition) is 0. The minimum absolute atomic E-state index is 0.00565. The van der Waals surface area contributed by atoms with Crippen molar-refractivity contribution in [3.05, 3.63) is 41.2 Å². The predicted molar refractivity (Wildman–Crippen MR) is 80.6 cm³/mol. The number of piperidine rings is 1. The number of aryl methyl sites for hydroxylation is 2. The molecule has 1 aromatic heterocycles. The average molecular weight is 284 g/mol. The molecule has 0 unspecified atom stereocenters. The summed E-state index contributed by atoms with van der Waals surface area (Å²) in [5.41, 5.74) is 3.19. The number of amides is 1. The quantitative estimate of drug-likeness (QED) is 0.851. The molecular formula is C16H20N4O. The van der Waals surface area contributed by atoms with Gasteiger partial charge in [0.2, 0.25) is 0 Å². The Morgan fingerprint density at radius 2 is 1.86 bits per heavy atom. The molecule has 1 aromatic carbocycles. The first-order chi connectivity index (χ1) is 10.1. The normalized spacial score (nSPS) is 15.2. The van der Waals surface area contributed by atoms with Gasteiger partial charge in [0, 0.05) is 13.1 Å². The van der Waals surface area contributed by atoms with Gasteiger partial charge in [0.25, 0.3) is 5.91 Å². The van der Waals surface area contributed by atoms with E-state index in [-0.39, 0.29) is 5.91 Å². The number of carbonyl (C=O) groups excluding carboxylic acids is 1. The van der Waals surface area contributed by atoms with E-state index in [1.807, 2.05) is 43.0 Å². The zero-order chi connectivity index (χ0) is 14.8. The second-order valence-corrected chi connectivity index (χ2v) is 5.62. The third kappa shape index (κ3) is 2.82. The van der Waals surface area contributed by atoms with Gasteiger partial charge in [-0.15, -0.1) is 5.10 Å². The lowest BCUT2D eigenvalue weighted by molar-refractivity contribution is 0.0717. The Bertz CT molecular complexity index is 656. The zero-order valence-electron chi connectivity index (χ0n) is 12.5. The fraction of sp³-hybridized carbons (Fsp3) is 0.438. The van der Waals surface area contributed by atoms with Crippen LogP contribution in [-0.2, 0) is 0 Å². The van der Waals surface area contributed by atoms with Crippen LogP contribution in [0.5, 0.6) is 0 Å². The van der Waals surface area contributed by atoms with Crippen LogP contribution in [0.4, 0.5) is 0 Å². The summed E-state index contributed by atoms with van der Waals surface area (Å²) < 4.78 is 0. The third-order valence-corrected chi connectivity index (χ3v) is 3.86. The van der Waals surface area contributed by atoms with Crippen molar-refractivity contribution < 1.29 is 4.79 Å². The summed E-state index contributed by atoms with van der Waals surface area (Å²) in [5, 5.41) is 8.81. The molecule has 5 nitrogen and oxygen atoms in total. The highest BCUT2D eigenvalue weighted by molar-refractivity contribution is 5.93. The van der Waals surface area contributed by atoms with E-state index in [0.29, 0.717) is 11.4 Å². The second kappa shape index (κ2) is 5.68. The fourth-order valence-corrected chi connectivity index (χ4v) is 2.69. The van der Waals surface area contributed by atoms with Crippen LogP contribution in [0, 0.1) is 13.8 Å². The molecule has 2 heterocycles. The summed E-state index contributed by atoms with van der Waals surface area (Å²) in [6.45, 7) is 5.53. The third-order valence-electron chi connectivity index (χ3n) is 3.86. The van der Waals surface area contributed by atoms with Crippen LogP contribution in [0.1, 0.15) is 41.0 Å². The number of hydrogen-bond acceptors (Lipinski definition) is 3. The topological polar surface area (TPSA) is 51.0 Å². The smallest absolute Gasteiger partial charge is 0.276 e. The van der Waals surface area contributed by atoms with Gasteiger partial charge in [0.05, 0.1) is 11.4 Å². The highest BCUT2D eigenvalue weighted by Crippen LogP contribution is 2.15. The van der Waals surface area contributed by atoms with E-state index in [1.165, 1.54) is 6.42 Å². The molecule has 0 N–H and O–H groups in total. The lowest BCUT2D eigenvalue weighted by Gasteiger charge is -2.25. The van der Waals surface area contributed by atoms with Crippen LogP contribution < -0.4 is 0 Å². The summed E-state index contributed by atoms with van der Waals surface area (Å²) in [6.07, 6.45) is 3.37. The summed E-state index contributed by atoms with van der Waals surface area (Å²) in [6, 6.07) is 7.95. The van der Waals surface area contributed by atoms with Crippen LogP contribution in [0.3, 0.4) is 0 Å². The molecule has 1 fully saturated rings. The maximum atomic E-state index is 12.5. The number of rotatable bonds is 2. The van der Waals surface area contributed by atoms with Crippen LogP contribution >= 0.6 is 0 Å². The molecule has 2 aromatic rings. The lowest BCUT2D eigenvalue weighted by Crippen LogP contribution is -2.36.